The number of carbonyl (C=O) groups excluding carboxylic acids is 1. The SMILES string of the molecule is O=C(CN(C1CCCCC1)S(=O)(=O)c1ccccc1)N/N=C/c1ccco1. The number of carbonyl (C=O) groups is 1. The molecular weight excluding hydrogens is 366 g/mol. The van der Waals surface area contributed by atoms with Crippen molar-refractivity contribution in [3.63, 3.8) is 0 Å². The smallest absolute Gasteiger partial charge is 0.255 e. The second-order valence-electron chi connectivity index (χ2n) is 6.46. The number of rotatable bonds is 7. The van der Waals surface area contributed by atoms with Gasteiger partial charge in [-0.3, -0.25) is 4.79 Å². The molecule has 0 bridgehead atoms. The summed E-state index contributed by atoms with van der Waals surface area (Å²) in [6.45, 7) is -0.266. The molecule has 0 atom stereocenters. The van der Waals surface area contributed by atoms with Crippen molar-refractivity contribution in [3.05, 3.63) is 54.5 Å². The maximum Gasteiger partial charge on any atom is 0.255 e. The zero-order valence-corrected chi connectivity index (χ0v) is 15.8. The Balaban J connectivity index is 1.74. The van der Waals surface area contributed by atoms with Crippen molar-refractivity contribution in [2.75, 3.05) is 6.54 Å². The van der Waals surface area contributed by atoms with Gasteiger partial charge in [-0.05, 0) is 37.1 Å². The Morgan fingerprint density at radius 2 is 1.89 bits per heavy atom. The van der Waals surface area contributed by atoms with Crippen molar-refractivity contribution in [1.82, 2.24) is 9.73 Å². The van der Waals surface area contributed by atoms with Gasteiger partial charge in [-0.2, -0.15) is 9.41 Å². The molecule has 0 aliphatic heterocycles. The van der Waals surface area contributed by atoms with E-state index in [0.717, 1.165) is 32.1 Å². The monoisotopic (exact) mass is 389 g/mol. The van der Waals surface area contributed by atoms with Gasteiger partial charge < -0.3 is 4.42 Å². The van der Waals surface area contributed by atoms with E-state index in [2.05, 4.69) is 10.5 Å². The number of hydrogen-bond donors (Lipinski definition) is 1. The fourth-order valence-corrected chi connectivity index (χ4v) is 4.88. The van der Waals surface area contributed by atoms with Gasteiger partial charge in [0.15, 0.2) is 0 Å². The van der Waals surface area contributed by atoms with Gasteiger partial charge in [0.05, 0.1) is 23.9 Å². The third-order valence-corrected chi connectivity index (χ3v) is 6.47. The largest absolute Gasteiger partial charge is 0.463 e. The van der Waals surface area contributed by atoms with Crippen LogP contribution < -0.4 is 5.43 Å². The molecule has 3 rings (SSSR count). The number of nitrogens with zero attached hydrogens (tertiary/aromatic N) is 2. The van der Waals surface area contributed by atoms with E-state index in [0.29, 0.717) is 5.76 Å². The number of furan rings is 1. The molecule has 1 aliphatic carbocycles. The van der Waals surface area contributed by atoms with Gasteiger partial charge in [-0.15, -0.1) is 0 Å². The third kappa shape index (κ3) is 5.05. The standard InChI is InChI=1S/C19H23N3O4S/c23-19(21-20-14-17-10-7-13-26-17)15-22(16-8-3-1-4-9-16)27(24,25)18-11-5-2-6-12-18/h2,5-7,10-14,16H,1,3-4,8-9,15H2,(H,21,23)/b20-14+. The van der Waals surface area contributed by atoms with Gasteiger partial charge >= 0.3 is 0 Å². The second-order valence-corrected chi connectivity index (χ2v) is 8.35. The summed E-state index contributed by atoms with van der Waals surface area (Å²) >= 11 is 0. The molecule has 1 heterocycles. The van der Waals surface area contributed by atoms with Crippen molar-refractivity contribution in [3.8, 4) is 0 Å². The lowest BCUT2D eigenvalue weighted by Gasteiger charge is -2.32. The summed E-state index contributed by atoms with van der Waals surface area (Å²) in [5.41, 5.74) is 2.38. The number of hydrogen-bond acceptors (Lipinski definition) is 5. The molecule has 0 saturated heterocycles. The Morgan fingerprint density at radius 1 is 1.15 bits per heavy atom. The molecule has 0 spiro atoms. The van der Waals surface area contributed by atoms with Crippen molar-refractivity contribution in [2.24, 2.45) is 5.10 Å². The zero-order chi connectivity index (χ0) is 19.1. The topological polar surface area (TPSA) is 92.0 Å². The molecule has 0 radical (unpaired) electrons. The molecule has 1 saturated carbocycles. The van der Waals surface area contributed by atoms with Crippen LogP contribution in [-0.4, -0.2) is 37.4 Å². The van der Waals surface area contributed by atoms with E-state index in [-0.39, 0.29) is 17.5 Å². The normalized spacial score (nSPS) is 16.0. The van der Waals surface area contributed by atoms with E-state index in [9.17, 15) is 13.2 Å². The number of benzene rings is 1. The maximum absolute atomic E-state index is 13.1. The summed E-state index contributed by atoms with van der Waals surface area (Å²) in [7, 11) is -3.76. The lowest BCUT2D eigenvalue weighted by molar-refractivity contribution is -0.121. The molecule has 1 aromatic carbocycles. The predicted molar refractivity (Wildman–Crippen MR) is 102 cm³/mol. The molecule has 0 unspecified atom stereocenters. The number of sulfonamides is 1. The van der Waals surface area contributed by atoms with Crippen LogP contribution in [0, 0.1) is 0 Å². The Labute approximate surface area is 159 Å². The van der Waals surface area contributed by atoms with Crippen LogP contribution in [0.1, 0.15) is 37.9 Å². The third-order valence-electron chi connectivity index (χ3n) is 4.56. The van der Waals surface area contributed by atoms with Gasteiger partial charge in [0, 0.05) is 6.04 Å². The van der Waals surface area contributed by atoms with Gasteiger partial charge in [0.1, 0.15) is 5.76 Å². The lowest BCUT2D eigenvalue weighted by atomic mass is 9.95. The van der Waals surface area contributed by atoms with E-state index in [1.807, 2.05) is 0 Å². The van der Waals surface area contributed by atoms with E-state index < -0.39 is 15.9 Å². The second kappa shape index (κ2) is 8.96. The predicted octanol–water partition coefficient (Wildman–Crippen LogP) is 2.75. The van der Waals surface area contributed by atoms with E-state index >= 15 is 0 Å². The summed E-state index contributed by atoms with van der Waals surface area (Å²) in [5, 5.41) is 3.83. The fraction of sp³-hybridized carbons (Fsp3) is 0.368. The van der Waals surface area contributed by atoms with Crippen molar-refractivity contribution < 1.29 is 17.6 Å². The van der Waals surface area contributed by atoms with Gasteiger partial charge in [0.25, 0.3) is 5.91 Å². The van der Waals surface area contributed by atoms with Crippen LogP contribution in [0.4, 0.5) is 0 Å². The number of amides is 1. The van der Waals surface area contributed by atoms with Crippen LogP contribution in [0.15, 0.2) is 63.1 Å². The van der Waals surface area contributed by atoms with Crippen molar-refractivity contribution in [1.29, 1.82) is 0 Å². The lowest BCUT2D eigenvalue weighted by Crippen LogP contribution is -2.46. The molecular formula is C19H23N3O4S. The number of hydrazone groups is 1. The van der Waals surface area contributed by atoms with Gasteiger partial charge in [-0.25, -0.2) is 13.8 Å². The summed E-state index contributed by atoms with van der Waals surface area (Å²) in [4.78, 5) is 12.5. The maximum atomic E-state index is 13.1. The fourth-order valence-electron chi connectivity index (χ4n) is 3.22. The minimum absolute atomic E-state index is 0.177. The zero-order valence-electron chi connectivity index (χ0n) is 15.0. The first kappa shape index (κ1) is 19.3. The first-order chi connectivity index (χ1) is 13.1. The van der Waals surface area contributed by atoms with Crippen LogP contribution in [0.2, 0.25) is 0 Å². The highest BCUT2D eigenvalue weighted by atomic mass is 32.2. The molecule has 1 fully saturated rings. The molecule has 8 heteroatoms. The summed E-state index contributed by atoms with van der Waals surface area (Å²) < 4.78 is 32.7. The van der Waals surface area contributed by atoms with E-state index in [1.54, 1.807) is 42.5 Å². The quantitative estimate of drug-likeness (QED) is 0.582. The van der Waals surface area contributed by atoms with Crippen LogP contribution in [0.3, 0.4) is 0 Å². The minimum Gasteiger partial charge on any atom is -0.463 e. The Hall–Kier alpha value is -2.45. The molecule has 7 nitrogen and oxygen atoms in total. The van der Waals surface area contributed by atoms with Gasteiger partial charge in [0.2, 0.25) is 10.0 Å². The highest BCUT2D eigenvalue weighted by Gasteiger charge is 2.33. The molecule has 2 aromatic rings. The Kier molecular flexibility index (Phi) is 6.41. The van der Waals surface area contributed by atoms with Crippen LogP contribution >= 0.6 is 0 Å². The summed E-state index contributed by atoms with van der Waals surface area (Å²) in [6.07, 6.45) is 7.40. The first-order valence-corrected chi connectivity index (χ1v) is 10.4. The highest BCUT2D eigenvalue weighted by Crippen LogP contribution is 2.27. The Bertz CT molecular complexity index is 858. The molecule has 1 aromatic heterocycles. The number of nitrogens with one attached hydrogen (secondary N) is 1. The summed E-state index contributed by atoms with van der Waals surface area (Å²) in [6, 6.07) is 11.5. The first-order valence-electron chi connectivity index (χ1n) is 8.99. The molecule has 1 N–H and O–H groups in total. The van der Waals surface area contributed by atoms with Crippen LogP contribution in [0.5, 0.6) is 0 Å². The van der Waals surface area contributed by atoms with E-state index in [4.69, 9.17) is 4.42 Å². The molecule has 27 heavy (non-hydrogen) atoms. The van der Waals surface area contributed by atoms with Crippen molar-refractivity contribution in [2.45, 2.75) is 43.0 Å². The van der Waals surface area contributed by atoms with Crippen LogP contribution in [0.25, 0.3) is 0 Å². The van der Waals surface area contributed by atoms with Crippen LogP contribution in [-0.2, 0) is 14.8 Å². The highest BCUT2D eigenvalue weighted by molar-refractivity contribution is 7.89. The van der Waals surface area contributed by atoms with E-state index in [1.165, 1.54) is 16.8 Å². The average molecular weight is 389 g/mol. The van der Waals surface area contributed by atoms with Crippen molar-refractivity contribution >= 4 is 22.1 Å². The average Bonchev–Trinajstić information content (AvgIpc) is 3.21. The molecule has 144 valence electrons. The Morgan fingerprint density at radius 3 is 2.56 bits per heavy atom. The van der Waals surface area contributed by atoms with Gasteiger partial charge in [-0.1, -0.05) is 37.5 Å². The molecule has 1 amide bonds. The minimum atomic E-state index is -3.76. The summed E-state index contributed by atoms with van der Waals surface area (Å²) in [5.74, 6) is 0.0132. The molecule has 1 aliphatic rings.